The maximum Gasteiger partial charge on any atom is -0.0155 e. The minimum absolute atomic E-state index is 0.841. The lowest BCUT2D eigenvalue weighted by atomic mass is 9.97. The standard InChI is InChI=1S/C17H16.2C2H6/c1-2-4-12(5-3-1)13-6-7-14-9-16-11-17(16)10-15(14)8-13;2*1-2/h2,4-10,16-17H,1,3,11H2;2*1-2H3. The molecule has 0 saturated heterocycles. The van der Waals surface area contributed by atoms with E-state index in [4.69, 9.17) is 0 Å². The zero-order valence-electron chi connectivity index (χ0n) is 13.9. The summed E-state index contributed by atoms with van der Waals surface area (Å²) in [4.78, 5) is 0. The Kier molecular flexibility index (Phi) is 5.61. The summed E-state index contributed by atoms with van der Waals surface area (Å²) in [5.41, 5.74) is 2.77. The molecule has 0 spiro atoms. The zero-order valence-corrected chi connectivity index (χ0v) is 13.9. The van der Waals surface area contributed by atoms with Crippen LogP contribution in [0.2, 0.25) is 0 Å². The maximum absolute atomic E-state index is 2.47. The van der Waals surface area contributed by atoms with Crippen LogP contribution in [0, 0.1) is 11.8 Å². The third-order valence-electron chi connectivity index (χ3n) is 4.09. The van der Waals surface area contributed by atoms with Gasteiger partial charge < -0.3 is 0 Å². The average Bonchev–Trinajstić information content (AvgIpc) is 3.35. The summed E-state index contributed by atoms with van der Waals surface area (Å²) in [6.45, 7) is 8.00. The molecule has 1 fully saturated rings. The predicted molar refractivity (Wildman–Crippen MR) is 95.3 cm³/mol. The van der Waals surface area contributed by atoms with E-state index in [-0.39, 0.29) is 0 Å². The first-order chi connectivity index (χ1) is 10.4. The monoisotopic (exact) mass is 280 g/mol. The largest absolute Gasteiger partial charge is 0.0836 e. The number of allylic oxidation sites excluding steroid dienone is 4. The van der Waals surface area contributed by atoms with Gasteiger partial charge in [-0.2, -0.15) is 0 Å². The van der Waals surface area contributed by atoms with Crippen LogP contribution in [0.3, 0.4) is 0 Å². The summed E-state index contributed by atoms with van der Waals surface area (Å²) in [5, 5.41) is 2.88. The molecule has 0 N–H and O–H groups in total. The van der Waals surface area contributed by atoms with Crippen LogP contribution in [-0.2, 0) is 0 Å². The number of hydrogen-bond donors (Lipinski definition) is 0. The van der Waals surface area contributed by atoms with Crippen molar-refractivity contribution >= 4 is 17.7 Å². The van der Waals surface area contributed by atoms with Gasteiger partial charge in [-0.3, -0.25) is 0 Å². The first-order valence-corrected chi connectivity index (χ1v) is 8.61. The van der Waals surface area contributed by atoms with Crippen molar-refractivity contribution in [3.05, 3.63) is 52.4 Å². The zero-order chi connectivity index (χ0) is 15.2. The van der Waals surface area contributed by atoms with E-state index in [9.17, 15) is 0 Å². The average molecular weight is 280 g/mol. The third kappa shape index (κ3) is 3.56. The van der Waals surface area contributed by atoms with E-state index in [1.165, 1.54) is 40.8 Å². The Labute approximate surface area is 129 Å². The van der Waals surface area contributed by atoms with E-state index in [0.717, 1.165) is 11.8 Å². The summed E-state index contributed by atoms with van der Waals surface area (Å²) in [6.07, 6.45) is 15.6. The Morgan fingerprint density at radius 3 is 2.24 bits per heavy atom. The topological polar surface area (TPSA) is 0 Å². The molecule has 0 heterocycles. The summed E-state index contributed by atoms with van der Waals surface area (Å²) >= 11 is 0. The van der Waals surface area contributed by atoms with E-state index >= 15 is 0 Å². The van der Waals surface area contributed by atoms with Crippen LogP contribution in [0.15, 0.2) is 36.4 Å². The molecule has 2 unspecified atom stereocenters. The minimum Gasteiger partial charge on any atom is -0.0836 e. The van der Waals surface area contributed by atoms with Gasteiger partial charge >= 0.3 is 0 Å². The van der Waals surface area contributed by atoms with Crippen LogP contribution in [0.4, 0.5) is 0 Å². The normalized spacial score (nSPS) is 23.5. The Morgan fingerprint density at radius 1 is 0.857 bits per heavy atom. The fraction of sp³-hybridized carbons (Fsp3) is 0.429. The van der Waals surface area contributed by atoms with Crippen molar-refractivity contribution in [1.29, 1.82) is 0 Å². The molecule has 0 heteroatoms. The molecule has 0 amide bonds. The number of hydrogen-bond acceptors (Lipinski definition) is 0. The second-order valence-electron chi connectivity index (χ2n) is 5.38. The van der Waals surface area contributed by atoms with Gasteiger partial charge in [-0.05, 0) is 58.7 Å². The number of benzene rings is 1. The molecule has 3 aliphatic rings. The Bertz CT molecular complexity index is 643. The quantitative estimate of drug-likeness (QED) is 0.700. The Balaban J connectivity index is 0.000000374. The van der Waals surface area contributed by atoms with Crippen LogP contribution in [0.1, 0.15) is 52.5 Å². The van der Waals surface area contributed by atoms with Crippen molar-refractivity contribution in [2.75, 3.05) is 0 Å². The lowest BCUT2D eigenvalue weighted by molar-refractivity contribution is 1.04. The fourth-order valence-corrected chi connectivity index (χ4v) is 2.96. The highest BCUT2D eigenvalue weighted by Gasteiger charge is 2.34. The maximum atomic E-state index is 2.47. The number of rotatable bonds is 1. The summed E-state index contributed by atoms with van der Waals surface area (Å²) in [6, 6.07) is 6.92. The lowest BCUT2D eigenvalue weighted by Gasteiger charge is -2.08. The van der Waals surface area contributed by atoms with Gasteiger partial charge in [0.15, 0.2) is 0 Å². The Morgan fingerprint density at radius 2 is 1.57 bits per heavy atom. The predicted octanol–water partition coefficient (Wildman–Crippen LogP) is 4.68. The molecule has 0 bridgehead atoms. The molecule has 112 valence electrons. The fourth-order valence-electron chi connectivity index (χ4n) is 2.96. The van der Waals surface area contributed by atoms with E-state index in [0.29, 0.717) is 0 Å². The van der Waals surface area contributed by atoms with Crippen LogP contribution in [0.25, 0.3) is 17.7 Å². The smallest absolute Gasteiger partial charge is 0.0155 e. The van der Waals surface area contributed by atoms with Crippen molar-refractivity contribution in [3.8, 4) is 0 Å². The van der Waals surface area contributed by atoms with Gasteiger partial charge in [0.25, 0.3) is 0 Å². The van der Waals surface area contributed by atoms with Gasteiger partial charge in [-0.15, -0.1) is 0 Å². The molecule has 0 nitrogen and oxygen atoms in total. The molecule has 1 aromatic rings. The number of fused-ring (bicyclic) bond motifs is 2. The first-order valence-electron chi connectivity index (χ1n) is 8.61. The van der Waals surface area contributed by atoms with Crippen molar-refractivity contribution in [2.24, 2.45) is 11.8 Å². The van der Waals surface area contributed by atoms with Gasteiger partial charge in [0.2, 0.25) is 0 Å². The molecule has 2 atom stereocenters. The van der Waals surface area contributed by atoms with E-state index < -0.39 is 0 Å². The Hall–Kier alpha value is -1.56. The molecule has 0 radical (unpaired) electrons. The molecule has 0 aromatic heterocycles. The highest BCUT2D eigenvalue weighted by Crippen LogP contribution is 2.41. The minimum atomic E-state index is 0.841. The highest BCUT2D eigenvalue weighted by atomic mass is 14.4. The molecule has 1 aromatic carbocycles. The highest BCUT2D eigenvalue weighted by molar-refractivity contribution is 5.75. The van der Waals surface area contributed by atoms with E-state index in [2.05, 4.69) is 48.6 Å². The first kappa shape index (κ1) is 15.8. The van der Waals surface area contributed by atoms with Gasteiger partial charge in [0, 0.05) is 0 Å². The van der Waals surface area contributed by atoms with Gasteiger partial charge in [0.1, 0.15) is 0 Å². The molecular formula is C21H28. The van der Waals surface area contributed by atoms with Gasteiger partial charge in [-0.1, -0.05) is 70.2 Å². The lowest BCUT2D eigenvalue weighted by Crippen LogP contribution is -2.27. The summed E-state index contributed by atoms with van der Waals surface area (Å²) < 4.78 is 0. The SMILES string of the molecule is C1=CC(c2ccc3c(c2)=CC2CC2C=3)=CCC1.CC.CC. The van der Waals surface area contributed by atoms with E-state index in [1.54, 1.807) is 0 Å². The second-order valence-corrected chi connectivity index (χ2v) is 5.38. The van der Waals surface area contributed by atoms with Crippen molar-refractivity contribution in [1.82, 2.24) is 0 Å². The van der Waals surface area contributed by atoms with Crippen LogP contribution in [-0.4, -0.2) is 0 Å². The molecule has 3 aliphatic carbocycles. The van der Waals surface area contributed by atoms with Crippen molar-refractivity contribution < 1.29 is 0 Å². The van der Waals surface area contributed by atoms with Crippen LogP contribution < -0.4 is 10.4 Å². The molecule has 21 heavy (non-hydrogen) atoms. The van der Waals surface area contributed by atoms with Gasteiger partial charge in [0.05, 0.1) is 0 Å². The van der Waals surface area contributed by atoms with E-state index in [1.807, 2.05) is 27.7 Å². The summed E-state index contributed by atoms with van der Waals surface area (Å²) in [5.74, 6) is 1.69. The molecule has 0 aliphatic heterocycles. The molecular weight excluding hydrogens is 252 g/mol. The third-order valence-corrected chi connectivity index (χ3v) is 4.09. The molecule has 4 rings (SSSR count). The van der Waals surface area contributed by atoms with Crippen molar-refractivity contribution in [2.45, 2.75) is 47.0 Å². The summed E-state index contributed by atoms with van der Waals surface area (Å²) in [7, 11) is 0. The second kappa shape index (κ2) is 7.45. The van der Waals surface area contributed by atoms with Gasteiger partial charge in [-0.25, -0.2) is 0 Å². The molecule has 1 saturated carbocycles. The van der Waals surface area contributed by atoms with Crippen molar-refractivity contribution in [3.63, 3.8) is 0 Å². The van der Waals surface area contributed by atoms with Crippen LogP contribution >= 0.6 is 0 Å². The van der Waals surface area contributed by atoms with Crippen LogP contribution in [0.5, 0.6) is 0 Å².